The van der Waals surface area contributed by atoms with Crippen LogP contribution in [0.4, 0.5) is 22.0 Å². The summed E-state index contributed by atoms with van der Waals surface area (Å²) in [6.07, 6.45) is -4.61. The fourth-order valence-electron chi connectivity index (χ4n) is 2.80. The van der Waals surface area contributed by atoms with Gasteiger partial charge in [-0.3, -0.25) is 0 Å². The molecule has 0 saturated heterocycles. The van der Waals surface area contributed by atoms with Gasteiger partial charge in [-0.2, -0.15) is 18.3 Å². The first kappa shape index (κ1) is 27.0. The van der Waals surface area contributed by atoms with Gasteiger partial charge >= 0.3 is 35.7 Å². The van der Waals surface area contributed by atoms with E-state index in [0.29, 0.717) is 23.2 Å². The quantitative estimate of drug-likeness (QED) is 0.388. The Labute approximate surface area is 208 Å². The van der Waals surface area contributed by atoms with E-state index in [1.807, 2.05) is 0 Å². The normalized spacial score (nSPS) is 11.7. The number of carbonyl (C=O) groups excluding carboxylic acids is 1. The summed E-state index contributed by atoms with van der Waals surface area (Å²) in [4.78, 5) is 10.9. The number of benzene rings is 2. The topological polar surface area (TPSA) is 83.1 Å². The third-order valence-corrected chi connectivity index (χ3v) is 5.56. The monoisotopic (exact) mass is 495 g/mol. The zero-order valence-corrected chi connectivity index (χ0v) is 20.2. The Balaban J connectivity index is 0.00000385. The SMILES string of the molecule is CCCC(=O)[N-]S(=O)(=O)c1ccc(-n2nc(C(F)(F)F)cc2-c2ccc(F)cc2)c(F)c1.[Na+]. The van der Waals surface area contributed by atoms with Crippen molar-refractivity contribution in [3.05, 3.63) is 70.6 Å². The maximum atomic E-state index is 14.8. The second-order valence-electron chi connectivity index (χ2n) is 6.65. The van der Waals surface area contributed by atoms with Crippen molar-refractivity contribution in [3.8, 4) is 16.9 Å². The first-order valence-corrected chi connectivity index (χ1v) is 10.6. The first-order chi connectivity index (χ1) is 14.9. The number of hydrogen-bond donors (Lipinski definition) is 0. The Morgan fingerprint density at radius 1 is 1.06 bits per heavy atom. The van der Waals surface area contributed by atoms with Gasteiger partial charge in [0.15, 0.2) is 5.69 Å². The maximum Gasteiger partial charge on any atom is 1.00 e. The first-order valence-electron chi connectivity index (χ1n) is 9.16. The number of nitrogens with zero attached hydrogens (tertiary/aromatic N) is 3. The number of amides is 1. The smallest absolute Gasteiger partial charge is 0.542 e. The van der Waals surface area contributed by atoms with Gasteiger partial charge in [0.05, 0.1) is 16.5 Å². The Bertz CT molecular complexity index is 1260. The summed E-state index contributed by atoms with van der Waals surface area (Å²) in [6, 6.07) is 7.42. The molecule has 6 nitrogen and oxygen atoms in total. The number of sulfonamides is 1. The van der Waals surface area contributed by atoms with E-state index in [1.165, 1.54) is 12.1 Å². The molecule has 2 aromatic carbocycles. The van der Waals surface area contributed by atoms with Crippen LogP contribution in [0.3, 0.4) is 0 Å². The molecule has 170 valence electrons. The van der Waals surface area contributed by atoms with E-state index in [2.05, 4.69) is 9.82 Å². The summed E-state index contributed by atoms with van der Waals surface area (Å²) < 4.78 is 95.9. The van der Waals surface area contributed by atoms with Crippen LogP contribution >= 0.6 is 0 Å². The molecule has 0 aliphatic heterocycles. The molecule has 0 atom stereocenters. The van der Waals surface area contributed by atoms with Crippen LogP contribution in [0.2, 0.25) is 0 Å². The molecule has 0 spiro atoms. The molecular weight excluding hydrogens is 480 g/mol. The van der Waals surface area contributed by atoms with Gasteiger partial charge in [0.1, 0.15) is 27.3 Å². The van der Waals surface area contributed by atoms with Crippen molar-refractivity contribution < 1.29 is 64.7 Å². The number of aromatic nitrogens is 2. The number of hydrogen-bond acceptors (Lipinski definition) is 4. The Morgan fingerprint density at radius 2 is 1.70 bits per heavy atom. The van der Waals surface area contributed by atoms with Crippen molar-refractivity contribution >= 4 is 15.9 Å². The fraction of sp³-hybridized carbons (Fsp3) is 0.200. The van der Waals surface area contributed by atoms with E-state index >= 15 is 0 Å². The van der Waals surface area contributed by atoms with E-state index in [1.54, 1.807) is 6.92 Å². The van der Waals surface area contributed by atoms with Crippen LogP contribution in [0.25, 0.3) is 21.7 Å². The molecule has 0 aliphatic carbocycles. The molecule has 0 saturated carbocycles. The summed E-state index contributed by atoms with van der Waals surface area (Å²) in [7, 11) is -4.50. The molecule has 0 radical (unpaired) electrons. The molecule has 1 aromatic heterocycles. The van der Waals surface area contributed by atoms with Crippen molar-refractivity contribution in [2.45, 2.75) is 30.8 Å². The van der Waals surface area contributed by atoms with Gasteiger partial charge < -0.3 is 9.52 Å². The van der Waals surface area contributed by atoms with Crippen molar-refractivity contribution in [1.82, 2.24) is 9.78 Å². The van der Waals surface area contributed by atoms with E-state index in [9.17, 15) is 35.2 Å². The third kappa shape index (κ3) is 6.19. The van der Waals surface area contributed by atoms with Crippen LogP contribution in [0.5, 0.6) is 0 Å². The van der Waals surface area contributed by atoms with Gasteiger partial charge in [-0.05, 0) is 55.0 Å². The van der Waals surface area contributed by atoms with Gasteiger partial charge in [-0.1, -0.05) is 13.3 Å². The van der Waals surface area contributed by atoms with E-state index in [-0.39, 0.29) is 47.2 Å². The molecular formula is C20H15F5N3NaO3S. The number of alkyl halides is 3. The van der Waals surface area contributed by atoms with Gasteiger partial charge in [-0.25, -0.2) is 21.9 Å². The van der Waals surface area contributed by atoms with Crippen molar-refractivity contribution in [3.63, 3.8) is 0 Å². The Kier molecular flexibility index (Phi) is 8.44. The minimum absolute atomic E-state index is 0. The minimum Gasteiger partial charge on any atom is -0.542 e. The number of halogens is 5. The third-order valence-electron chi connectivity index (χ3n) is 4.27. The molecule has 13 heteroatoms. The minimum atomic E-state index is -4.85. The molecule has 3 rings (SSSR count). The molecule has 0 bridgehead atoms. The van der Waals surface area contributed by atoms with Crippen LogP contribution in [0.1, 0.15) is 25.5 Å². The van der Waals surface area contributed by atoms with Crippen LogP contribution in [0.15, 0.2) is 53.4 Å². The van der Waals surface area contributed by atoms with Crippen molar-refractivity contribution in [1.29, 1.82) is 0 Å². The molecule has 0 unspecified atom stereocenters. The van der Waals surface area contributed by atoms with Gasteiger partial charge in [0, 0.05) is 5.56 Å². The maximum absolute atomic E-state index is 14.8. The van der Waals surface area contributed by atoms with E-state index < -0.39 is 50.0 Å². The summed E-state index contributed by atoms with van der Waals surface area (Å²) >= 11 is 0. The van der Waals surface area contributed by atoms with Crippen LogP contribution in [0, 0.1) is 11.6 Å². The standard InChI is InChI=1S/C20H16F5N3O3S.Na/c1-2-3-19(29)27-32(30,31)14-8-9-16(15(22)10-14)28-17(11-18(26-28)20(23,24)25)12-4-6-13(21)7-5-12;/h4-11H,2-3H2,1H3,(H,27,29);/q;+1/p-1. The summed E-state index contributed by atoms with van der Waals surface area (Å²) in [6.45, 7) is 1.65. The average Bonchev–Trinajstić information content (AvgIpc) is 3.14. The molecule has 3 aromatic rings. The van der Waals surface area contributed by atoms with E-state index in [4.69, 9.17) is 0 Å². The average molecular weight is 495 g/mol. The van der Waals surface area contributed by atoms with Gasteiger partial charge in [0.2, 0.25) is 0 Å². The van der Waals surface area contributed by atoms with Crippen molar-refractivity contribution in [2.75, 3.05) is 0 Å². The van der Waals surface area contributed by atoms with E-state index in [0.717, 1.165) is 24.3 Å². The molecule has 1 amide bonds. The molecule has 1 heterocycles. The predicted octanol–water partition coefficient (Wildman–Crippen LogP) is 2.23. The van der Waals surface area contributed by atoms with Crippen LogP contribution in [-0.2, 0) is 21.0 Å². The second-order valence-corrected chi connectivity index (χ2v) is 8.26. The summed E-state index contributed by atoms with van der Waals surface area (Å²) in [5.74, 6) is -2.75. The molecule has 0 N–H and O–H groups in total. The van der Waals surface area contributed by atoms with Crippen LogP contribution in [-0.4, -0.2) is 24.1 Å². The number of rotatable bonds is 6. The van der Waals surface area contributed by atoms with Crippen LogP contribution < -0.4 is 29.6 Å². The Hall–Kier alpha value is -2.28. The fourth-order valence-corrected chi connectivity index (χ4v) is 3.75. The van der Waals surface area contributed by atoms with Crippen molar-refractivity contribution in [2.24, 2.45) is 0 Å². The zero-order valence-electron chi connectivity index (χ0n) is 17.4. The zero-order chi connectivity index (χ0) is 23.7. The molecule has 33 heavy (non-hydrogen) atoms. The molecule has 0 fully saturated rings. The Morgan fingerprint density at radius 3 is 2.24 bits per heavy atom. The summed E-state index contributed by atoms with van der Waals surface area (Å²) in [5.41, 5.74) is -1.90. The summed E-state index contributed by atoms with van der Waals surface area (Å²) in [5, 5.41) is 3.41. The largest absolute Gasteiger partial charge is 1.00 e. The molecule has 0 aliphatic rings. The van der Waals surface area contributed by atoms with Gasteiger partial charge in [-0.15, -0.1) is 0 Å². The predicted molar refractivity (Wildman–Crippen MR) is 104 cm³/mol. The number of carbonyl (C=O) groups is 1. The van der Waals surface area contributed by atoms with Gasteiger partial charge in [0.25, 0.3) is 0 Å². The second kappa shape index (κ2) is 10.3.